The minimum Gasteiger partial charge on any atom is -0.461 e. The van der Waals surface area contributed by atoms with Crippen LogP contribution in [0.15, 0.2) is 28.7 Å². The Morgan fingerprint density at radius 1 is 1.38 bits per heavy atom. The Bertz CT molecular complexity index is 500. The van der Waals surface area contributed by atoms with Crippen molar-refractivity contribution in [2.24, 2.45) is 5.73 Å². The number of aliphatic hydroxyl groups is 1. The summed E-state index contributed by atoms with van der Waals surface area (Å²) in [5.74, 6) is 0.861. The quantitative estimate of drug-likeness (QED) is 0.830. The normalized spacial score (nSPS) is 15.2. The summed E-state index contributed by atoms with van der Waals surface area (Å²) in [5, 5.41) is 10.3. The standard InChI is InChI=1S/C13H17NO2/c1-9-10-5-3-4-6-11(10)16-12(9)7-13(2,14)8-15/h3-6,15H,7-8,14H2,1-2H3. The highest BCUT2D eigenvalue weighted by Gasteiger charge is 2.22. The summed E-state index contributed by atoms with van der Waals surface area (Å²) in [6.45, 7) is 3.79. The molecule has 2 aromatic rings. The third-order valence-electron chi connectivity index (χ3n) is 2.87. The summed E-state index contributed by atoms with van der Waals surface area (Å²) in [6, 6.07) is 7.91. The predicted octanol–water partition coefficient (Wildman–Crippen LogP) is 1.99. The topological polar surface area (TPSA) is 59.4 Å². The van der Waals surface area contributed by atoms with E-state index in [1.165, 1.54) is 0 Å². The van der Waals surface area contributed by atoms with Crippen molar-refractivity contribution in [3.05, 3.63) is 35.6 Å². The van der Waals surface area contributed by atoms with Crippen molar-refractivity contribution in [2.75, 3.05) is 6.61 Å². The molecule has 1 atom stereocenters. The fourth-order valence-electron chi connectivity index (χ4n) is 1.82. The lowest BCUT2D eigenvalue weighted by atomic mass is 9.97. The Hall–Kier alpha value is -1.32. The monoisotopic (exact) mass is 219 g/mol. The SMILES string of the molecule is Cc1c(CC(C)(N)CO)oc2ccccc12. The number of benzene rings is 1. The first kappa shape index (κ1) is 11.2. The van der Waals surface area contributed by atoms with Crippen LogP contribution < -0.4 is 5.73 Å². The number of fused-ring (bicyclic) bond motifs is 1. The van der Waals surface area contributed by atoms with Gasteiger partial charge in [-0.3, -0.25) is 0 Å². The molecule has 0 spiro atoms. The van der Waals surface area contributed by atoms with Crippen molar-refractivity contribution in [3.8, 4) is 0 Å². The molecule has 0 saturated heterocycles. The molecular weight excluding hydrogens is 202 g/mol. The second-order valence-electron chi connectivity index (χ2n) is 4.64. The molecule has 0 bridgehead atoms. The highest BCUT2D eigenvalue weighted by atomic mass is 16.3. The van der Waals surface area contributed by atoms with Crippen LogP contribution in [0.4, 0.5) is 0 Å². The second kappa shape index (κ2) is 3.92. The summed E-state index contributed by atoms with van der Waals surface area (Å²) in [4.78, 5) is 0. The Morgan fingerprint density at radius 3 is 2.69 bits per heavy atom. The van der Waals surface area contributed by atoms with E-state index in [1.807, 2.05) is 38.1 Å². The van der Waals surface area contributed by atoms with Gasteiger partial charge in [0.05, 0.1) is 6.61 Å². The Morgan fingerprint density at radius 2 is 2.06 bits per heavy atom. The van der Waals surface area contributed by atoms with Crippen LogP contribution in [0.5, 0.6) is 0 Å². The Kier molecular flexibility index (Phi) is 2.74. The zero-order chi connectivity index (χ0) is 11.8. The van der Waals surface area contributed by atoms with Crippen LogP contribution in [-0.2, 0) is 6.42 Å². The number of hydrogen-bond acceptors (Lipinski definition) is 3. The van der Waals surface area contributed by atoms with Gasteiger partial charge in [-0.25, -0.2) is 0 Å². The van der Waals surface area contributed by atoms with Gasteiger partial charge in [0.25, 0.3) is 0 Å². The lowest BCUT2D eigenvalue weighted by molar-refractivity contribution is 0.202. The molecular formula is C13H17NO2. The van der Waals surface area contributed by atoms with Gasteiger partial charge in [0.1, 0.15) is 11.3 Å². The molecule has 1 aromatic carbocycles. The van der Waals surface area contributed by atoms with Crippen LogP contribution in [0.3, 0.4) is 0 Å². The maximum absolute atomic E-state index is 9.15. The van der Waals surface area contributed by atoms with Gasteiger partial charge >= 0.3 is 0 Å². The van der Waals surface area contributed by atoms with E-state index < -0.39 is 5.54 Å². The van der Waals surface area contributed by atoms with Gasteiger partial charge in [0.15, 0.2) is 0 Å². The maximum Gasteiger partial charge on any atom is 0.134 e. The van der Waals surface area contributed by atoms with Gasteiger partial charge in [0.2, 0.25) is 0 Å². The van der Waals surface area contributed by atoms with E-state index in [0.29, 0.717) is 6.42 Å². The first-order chi connectivity index (χ1) is 7.53. The summed E-state index contributed by atoms with van der Waals surface area (Å²) in [5.41, 5.74) is 7.29. The molecule has 0 fully saturated rings. The van der Waals surface area contributed by atoms with Crippen LogP contribution >= 0.6 is 0 Å². The zero-order valence-corrected chi connectivity index (χ0v) is 9.66. The zero-order valence-electron chi connectivity index (χ0n) is 9.66. The number of aryl methyl sites for hydroxylation is 1. The van der Waals surface area contributed by atoms with Crippen molar-refractivity contribution in [1.82, 2.24) is 0 Å². The smallest absolute Gasteiger partial charge is 0.134 e. The number of para-hydroxylation sites is 1. The minimum atomic E-state index is -0.626. The number of hydrogen-bond donors (Lipinski definition) is 2. The van der Waals surface area contributed by atoms with Crippen molar-refractivity contribution in [2.45, 2.75) is 25.8 Å². The molecule has 3 N–H and O–H groups in total. The molecule has 1 aromatic heterocycles. The Balaban J connectivity index is 2.42. The van der Waals surface area contributed by atoms with Crippen molar-refractivity contribution in [3.63, 3.8) is 0 Å². The van der Waals surface area contributed by atoms with Gasteiger partial charge in [-0.2, -0.15) is 0 Å². The average Bonchev–Trinajstić information content (AvgIpc) is 2.56. The molecule has 1 unspecified atom stereocenters. The lowest BCUT2D eigenvalue weighted by Crippen LogP contribution is -2.42. The van der Waals surface area contributed by atoms with E-state index in [9.17, 15) is 0 Å². The fraction of sp³-hybridized carbons (Fsp3) is 0.385. The first-order valence-corrected chi connectivity index (χ1v) is 5.40. The van der Waals surface area contributed by atoms with Crippen LogP contribution in [0.1, 0.15) is 18.2 Å². The molecule has 0 aliphatic heterocycles. The number of aliphatic hydroxyl groups excluding tert-OH is 1. The lowest BCUT2D eigenvalue weighted by Gasteiger charge is -2.20. The average molecular weight is 219 g/mol. The van der Waals surface area contributed by atoms with Crippen LogP contribution in [-0.4, -0.2) is 17.3 Å². The molecule has 3 heteroatoms. The molecule has 0 radical (unpaired) electrons. The predicted molar refractivity (Wildman–Crippen MR) is 64.3 cm³/mol. The van der Waals surface area contributed by atoms with Gasteiger partial charge in [-0.05, 0) is 25.5 Å². The summed E-state index contributed by atoms with van der Waals surface area (Å²) < 4.78 is 5.75. The van der Waals surface area contributed by atoms with Gasteiger partial charge in [-0.15, -0.1) is 0 Å². The highest BCUT2D eigenvalue weighted by molar-refractivity contribution is 5.81. The maximum atomic E-state index is 9.15. The van der Waals surface area contributed by atoms with E-state index in [1.54, 1.807) is 0 Å². The van der Waals surface area contributed by atoms with Crippen molar-refractivity contribution >= 4 is 11.0 Å². The fourth-order valence-corrected chi connectivity index (χ4v) is 1.82. The van der Waals surface area contributed by atoms with E-state index in [-0.39, 0.29) is 6.61 Å². The van der Waals surface area contributed by atoms with Crippen LogP contribution in [0, 0.1) is 6.92 Å². The third kappa shape index (κ3) is 1.96. The largest absolute Gasteiger partial charge is 0.461 e. The molecule has 1 heterocycles. The molecule has 0 aliphatic carbocycles. The molecule has 0 amide bonds. The van der Waals surface area contributed by atoms with Gasteiger partial charge in [-0.1, -0.05) is 18.2 Å². The molecule has 16 heavy (non-hydrogen) atoms. The Labute approximate surface area is 94.9 Å². The number of furan rings is 1. The summed E-state index contributed by atoms with van der Waals surface area (Å²) >= 11 is 0. The van der Waals surface area contributed by atoms with Gasteiger partial charge in [0, 0.05) is 17.3 Å². The van der Waals surface area contributed by atoms with E-state index in [4.69, 9.17) is 15.3 Å². The molecule has 0 saturated carbocycles. The van der Waals surface area contributed by atoms with E-state index >= 15 is 0 Å². The van der Waals surface area contributed by atoms with E-state index in [0.717, 1.165) is 22.3 Å². The van der Waals surface area contributed by atoms with Crippen LogP contribution in [0.2, 0.25) is 0 Å². The van der Waals surface area contributed by atoms with E-state index in [2.05, 4.69) is 0 Å². The molecule has 3 nitrogen and oxygen atoms in total. The van der Waals surface area contributed by atoms with Crippen molar-refractivity contribution in [1.29, 1.82) is 0 Å². The molecule has 86 valence electrons. The summed E-state index contributed by atoms with van der Waals surface area (Å²) in [7, 11) is 0. The third-order valence-corrected chi connectivity index (χ3v) is 2.87. The number of rotatable bonds is 3. The molecule has 2 rings (SSSR count). The highest BCUT2D eigenvalue weighted by Crippen LogP contribution is 2.26. The minimum absolute atomic E-state index is 0.0521. The second-order valence-corrected chi connectivity index (χ2v) is 4.64. The van der Waals surface area contributed by atoms with Gasteiger partial charge < -0.3 is 15.3 Å². The number of nitrogens with two attached hydrogens (primary N) is 1. The summed E-state index contributed by atoms with van der Waals surface area (Å²) in [6.07, 6.45) is 0.546. The molecule has 0 aliphatic rings. The van der Waals surface area contributed by atoms with Crippen molar-refractivity contribution < 1.29 is 9.52 Å². The first-order valence-electron chi connectivity index (χ1n) is 5.40. The van der Waals surface area contributed by atoms with Crippen LogP contribution in [0.25, 0.3) is 11.0 Å².